The van der Waals surface area contributed by atoms with E-state index in [-0.39, 0.29) is 11.4 Å². The maximum absolute atomic E-state index is 14.2. The lowest BCUT2D eigenvalue weighted by Gasteiger charge is -2.28. The van der Waals surface area contributed by atoms with E-state index < -0.39 is 17.2 Å². The highest BCUT2D eigenvalue weighted by atomic mass is 35.5. The van der Waals surface area contributed by atoms with Gasteiger partial charge < -0.3 is 9.84 Å². The van der Waals surface area contributed by atoms with E-state index in [1.807, 2.05) is 30.5 Å². The first-order chi connectivity index (χ1) is 17.1. The summed E-state index contributed by atoms with van der Waals surface area (Å²) in [4.78, 5) is 15.7. The summed E-state index contributed by atoms with van der Waals surface area (Å²) in [7, 11) is 1.56. The summed E-state index contributed by atoms with van der Waals surface area (Å²) in [5, 5.41) is 10.2. The highest BCUT2D eigenvalue weighted by Gasteiger charge is 2.30. The van der Waals surface area contributed by atoms with Gasteiger partial charge in [0.2, 0.25) is 0 Å². The Morgan fingerprint density at radius 1 is 1.11 bits per heavy atom. The molecule has 0 atom stereocenters. The predicted molar refractivity (Wildman–Crippen MR) is 137 cm³/mol. The van der Waals surface area contributed by atoms with Gasteiger partial charge in [-0.25, -0.2) is 18.6 Å². The van der Waals surface area contributed by atoms with Gasteiger partial charge in [0.1, 0.15) is 17.4 Å². The van der Waals surface area contributed by atoms with Gasteiger partial charge in [-0.2, -0.15) is 0 Å². The first-order valence-corrected chi connectivity index (χ1v) is 12.3. The molecule has 1 aromatic heterocycles. The lowest BCUT2D eigenvalue weighted by atomic mass is 9.81. The number of nitrogens with zero attached hydrogens (tertiary/aromatic N) is 2. The molecule has 0 aliphatic rings. The molecule has 4 aromatic rings. The number of carbonyl (C=O) groups is 1. The Morgan fingerprint density at radius 3 is 2.47 bits per heavy atom. The van der Waals surface area contributed by atoms with Crippen molar-refractivity contribution in [3.8, 4) is 11.4 Å². The van der Waals surface area contributed by atoms with Crippen LogP contribution in [0.2, 0.25) is 5.02 Å². The Bertz CT molecular complexity index is 1420. The van der Waals surface area contributed by atoms with Crippen LogP contribution in [0.25, 0.3) is 5.69 Å². The van der Waals surface area contributed by atoms with E-state index in [0.29, 0.717) is 32.9 Å². The van der Waals surface area contributed by atoms with Crippen molar-refractivity contribution < 1.29 is 23.4 Å². The minimum absolute atomic E-state index is 0.351. The van der Waals surface area contributed by atoms with E-state index in [1.54, 1.807) is 37.6 Å². The van der Waals surface area contributed by atoms with Crippen molar-refractivity contribution in [2.75, 3.05) is 7.11 Å². The van der Waals surface area contributed by atoms with Crippen molar-refractivity contribution in [2.24, 2.45) is 0 Å². The van der Waals surface area contributed by atoms with Crippen LogP contribution in [0.4, 0.5) is 8.78 Å². The third-order valence-electron chi connectivity index (χ3n) is 5.96. The van der Waals surface area contributed by atoms with Gasteiger partial charge in [0.15, 0.2) is 5.16 Å². The zero-order valence-corrected chi connectivity index (χ0v) is 21.3. The van der Waals surface area contributed by atoms with E-state index in [2.05, 4.69) is 4.98 Å². The number of rotatable bonds is 8. The minimum Gasteiger partial charge on any atom is -0.495 e. The molecule has 5 nitrogen and oxygen atoms in total. The fourth-order valence-corrected chi connectivity index (χ4v) is 5.01. The zero-order valence-electron chi connectivity index (χ0n) is 19.8. The van der Waals surface area contributed by atoms with Gasteiger partial charge in [0.25, 0.3) is 0 Å². The molecule has 36 heavy (non-hydrogen) atoms. The monoisotopic (exact) mass is 528 g/mol. The molecule has 0 aliphatic carbocycles. The van der Waals surface area contributed by atoms with Gasteiger partial charge in [-0.05, 0) is 59.7 Å². The number of carboxylic acid groups (broad SMARTS) is 1. The number of hydrogen-bond donors (Lipinski definition) is 1. The van der Waals surface area contributed by atoms with Crippen molar-refractivity contribution in [1.29, 1.82) is 0 Å². The smallest absolute Gasteiger partial charge is 0.338 e. The Hall–Kier alpha value is -3.36. The fraction of sp³-hybridized carbons (Fsp3) is 0.185. The molecule has 0 unspecified atom stereocenters. The van der Waals surface area contributed by atoms with Crippen molar-refractivity contribution in [3.05, 3.63) is 106 Å². The Labute approximate surface area is 216 Å². The van der Waals surface area contributed by atoms with Crippen molar-refractivity contribution in [3.63, 3.8) is 0 Å². The minimum atomic E-state index is -1.32. The number of thioether (sulfide) groups is 1. The molecule has 1 N–H and O–H groups in total. The molecule has 0 spiro atoms. The number of hydrogen-bond acceptors (Lipinski definition) is 4. The van der Waals surface area contributed by atoms with Gasteiger partial charge in [0.05, 0.1) is 29.6 Å². The number of aromatic nitrogens is 2. The Balaban J connectivity index is 1.75. The van der Waals surface area contributed by atoms with Crippen LogP contribution in [0.5, 0.6) is 5.75 Å². The normalized spacial score (nSPS) is 11.5. The Morgan fingerprint density at radius 2 is 1.83 bits per heavy atom. The summed E-state index contributed by atoms with van der Waals surface area (Å²) in [5.41, 5.74) is 2.18. The van der Waals surface area contributed by atoms with Gasteiger partial charge in [-0.3, -0.25) is 4.57 Å². The van der Waals surface area contributed by atoms with E-state index in [4.69, 9.17) is 21.4 Å². The third kappa shape index (κ3) is 5.10. The van der Waals surface area contributed by atoms with Crippen molar-refractivity contribution in [1.82, 2.24) is 9.55 Å². The van der Waals surface area contributed by atoms with Crippen molar-refractivity contribution in [2.45, 2.75) is 30.2 Å². The quantitative estimate of drug-likeness (QED) is 0.246. The van der Waals surface area contributed by atoms with Gasteiger partial charge >= 0.3 is 5.97 Å². The SMILES string of the molecule is COc1cc(C(C)(C)c2cnc(SCc3ccc(C(=O)O)c(F)c3)n2-c2ccc(F)cc2)ccc1Cl. The van der Waals surface area contributed by atoms with Gasteiger partial charge in [-0.15, -0.1) is 0 Å². The highest BCUT2D eigenvalue weighted by Crippen LogP contribution is 2.39. The summed E-state index contributed by atoms with van der Waals surface area (Å²) < 4.78 is 35.2. The van der Waals surface area contributed by atoms with E-state index in [1.165, 1.54) is 36.0 Å². The molecule has 3 aromatic carbocycles. The van der Waals surface area contributed by atoms with Gasteiger partial charge in [0, 0.05) is 16.9 Å². The molecule has 0 saturated carbocycles. The maximum atomic E-state index is 14.2. The molecule has 9 heteroatoms. The molecular formula is C27H23ClF2N2O3S. The molecule has 0 bridgehead atoms. The second-order valence-electron chi connectivity index (χ2n) is 8.62. The van der Waals surface area contributed by atoms with Crippen LogP contribution in [-0.2, 0) is 11.2 Å². The molecule has 186 valence electrons. The first kappa shape index (κ1) is 25.7. The fourth-order valence-electron chi connectivity index (χ4n) is 3.88. The van der Waals surface area contributed by atoms with Crippen LogP contribution in [0.1, 0.15) is 41.0 Å². The second-order valence-corrected chi connectivity index (χ2v) is 9.97. The number of benzene rings is 3. The third-order valence-corrected chi connectivity index (χ3v) is 7.30. The average Bonchev–Trinajstić information content (AvgIpc) is 3.28. The largest absolute Gasteiger partial charge is 0.495 e. The highest BCUT2D eigenvalue weighted by molar-refractivity contribution is 7.98. The standard InChI is InChI=1S/C27H23ClF2N2O3S/c1-27(2,17-5-11-21(28)23(13-17)35-3)24-14-31-26(32(24)19-8-6-18(29)7-9-19)36-15-16-4-10-20(25(33)34)22(30)12-16/h4-14H,15H2,1-3H3,(H,33,34). The predicted octanol–water partition coefficient (Wildman–Crippen LogP) is 7.13. The van der Waals surface area contributed by atoms with Crippen LogP contribution >= 0.6 is 23.4 Å². The van der Waals surface area contributed by atoms with Crippen molar-refractivity contribution >= 4 is 29.3 Å². The zero-order chi connectivity index (χ0) is 26.0. The van der Waals surface area contributed by atoms with Crippen LogP contribution in [0, 0.1) is 11.6 Å². The van der Waals surface area contributed by atoms with Crippen LogP contribution in [0.3, 0.4) is 0 Å². The van der Waals surface area contributed by atoms with Crippen LogP contribution in [0.15, 0.2) is 72.0 Å². The van der Waals surface area contributed by atoms with Crippen LogP contribution < -0.4 is 4.74 Å². The number of methoxy groups -OCH3 is 1. The molecule has 0 aliphatic heterocycles. The second kappa shape index (κ2) is 10.3. The topological polar surface area (TPSA) is 64.3 Å². The molecule has 0 fully saturated rings. The molecule has 0 saturated heterocycles. The number of carboxylic acids is 1. The van der Waals surface area contributed by atoms with Gasteiger partial charge in [-0.1, -0.05) is 49.3 Å². The number of imidazole rings is 1. The lowest BCUT2D eigenvalue weighted by molar-refractivity contribution is 0.0692. The summed E-state index contributed by atoms with van der Waals surface area (Å²) >= 11 is 7.60. The summed E-state index contributed by atoms with van der Waals surface area (Å²) in [6, 6.07) is 15.7. The molecule has 0 amide bonds. The number of halogens is 3. The summed E-state index contributed by atoms with van der Waals surface area (Å²) in [6.45, 7) is 4.09. The molecule has 0 radical (unpaired) electrons. The molecular weight excluding hydrogens is 506 g/mol. The van der Waals surface area contributed by atoms with E-state index in [0.717, 1.165) is 11.3 Å². The molecule has 4 rings (SSSR count). The lowest BCUT2D eigenvalue weighted by Crippen LogP contribution is -2.23. The Kier molecular flexibility index (Phi) is 7.38. The maximum Gasteiger partial charge on any atom is 0.338 e. The first-order valence-electron chi connectivity index (χ1n) is 10.9. The number of aromatic carboxylic acids is 1. The van der Waals surface area contributed by atoms with E-state index >= 15 is 0 Å². The summed E-state index contributed by atoms with van der Waals surface area (Å²) in [5.74, 6) is -1.56. The number of ether oxygens (including phenoxy) is 1. The molecule has 1 heterocycles. The van der Waals surface area contributed by atoms with Crippen LogP contribution in [-0.4, -0.2) is 27.7 Å². The summed E-state index contributed by atoms with van der Waals surface area (Å²) in [6.07, 6.45) is 1.76. The average molecular weight is 529 g/mol. The van der Waals surface area contributed by atoms with E-state index in [9.17, 15) is 13.6 Å².